The third kappa shape index (κ3) is 4.88. The van der Waals surface area contributed by atoms with E-state index < -0.39 is 0 Å². The fourth-order valence-corrected chi connectivity index (χ4v) is 11.8. The molecule has 0 amide bonds. The maximum absolute atomic E-state index is 6.59. The van der Waals surface area contributed by atoms with Gasteiger partial charge in [-0.2, -0.15) is 0 Å². The molecular formula is C58H33N3OS. The Morgan fingerprint density at radius 3 is 1.68 bits per heavy atom. The standard InChI is InChI=1S/C58H33N3OS/c1-2-13-34(14-3-1)55-59-56(37-25-28-42-41-18-7-11-24-52(41)63-53(42)33-37)61-57(60-55)43-19-12-23-51-54(43)45-32-36(27-30-50(45)62-51)35-26-29-49-44(31-35)40-17-6-10-22-48(40)58(49)46-20-8-4-15-38(46)39-16-5-9-21-47(39)58/h1-33H. The molecule has 0 unspecified atom stereocenters. The number of hydrogen-bond acceptors (Lipinski definition) is 5. The lowest BCUT2D eigenvalue weighted by Gasteiger charge is -2.30. The summed E-state index contributed by atoms with van der Waals surface area (Å²) in [6, 6.07) is 72.0. The van der Waals surface area contributed by atoms with E-state index in [0.717, 1.165) is 49.8 Å². The van der Waals surface area contributed by atoms with E-state index in [1.807, 2.05) is 30.3 Å². The largest absolute Gasteiger partial charge is 0.456 e. The average Bonchev–Trinajstić information content (AvgIpc) is 4.09. The summed E-state index contributed by atoms with van der Waals surface area (Å²) in [6.45, 7) is 0. The minimum absolute atomic E-state index is 0.372. The Kier molecular flexibility index (Phi) is 7.16. The lowest BCUT2D eigenvalue weighted by Crippen LogP contribution is -2.25. The first-order valence-electron chi connectivity index (χ1n) is 21.3. The van der Waals surface area contributed by atoms with Gasteiger partial charge in [0.05, 0.1) is 5.41 Å². The molecular weight excluding hydrogens is 787 g/mol. The van der Waals surface area contributed by atoms with E-state index in [2.05, 4.69) is 170 Å². The van der Waals surface area contributed by atoms with Crippen molar-refractivity contribution in [1.82, 2.24) is 15.0 Å². The average molecular weight is 820 g/mol. The molecule has 0 radical (unpaired) electrons. The van der Waals surface area contributed by atoms with Gasteiger partial charge in [0.25, 0.3) is 0 Å². The maximum Gasteiger partial charge on any atom is 0.164 e. The molecule has 0 saturated heterocycles. The van der Waals surface area contributed by atoms with Gasteiger partial charge >= 0.3 is 0 Å². The number of fused-ring (bicyclic) bond motifs is 16. The Hall–Kier alpha value is -7.99. The van der Waals surface area contributed by atoms with Crippen LogP contribution in [0.3, 0.4) is 0 Å². The molecule has 4 nitrogen and oxygen atoms in total. The van der Waals surface area contributed by atoms with Gasteiger partial charge in [-0.05, 0) is 92.0 Å². The van der Waals surface area contributed by atoms with Crippen molar-refractivity contribution in [3.63, 3.8) is 0 Å². The Balaban J connectivity index is 0.939. The second kappa shape index (κ2) is 13.0. The van der Waals surface area contributed by atoms with Gasteiger partial charge in [-0.15, -0.1) is 11.3 Å². The summed E-state index contributed by atoms with van der Waals surface area (Å²) in [6.07, 6.45) is 0. The Morgan fingerprint density at radius 2 is 0.905 bits per heavy atom. The zero-order chi connectivity index (χ0) is 41.2. The number of benzene rings is 9. The number of rotatable bonds is 4. The van der Waals surface area contributed by atoms with Crippen molar-refractivity contribution in [2.24, 2.45) is 0 Å². The van der Waals surface area contributed by atoms with Crippen molar-refractivity contribution in [3.05, 3.63) is 222 Å². The van der Waals surface area contributed by atoms with Crippen molar-refractivity contribution in [2.45, 2.75) is 5.41 Å². The fourth-order valence-electron chi connectivity index (χ4n) is 10.7. The molecule has 14 rings (SSSR count). The van der Waals surface area contributed by atoms with E-state index in [9.17, 15) is 0 Å². The number of aromatic nitrogens is 3. The predicted octanol–water partition coefficient (Wildman–Crippen LogP) is 15.2. The molecule has 9 aromatic carbocycles. The number of furan rings is 1. The van der Waals surface area contributed by atoms with E-state index in [4.69, 9.17) is 19.4 Å². The molecule has 0 bridgehead atoms. The van der Waals surface area contributed by atoms with Crippen LogP contribution in [0.4, 0.5) is 0 Å². The third-order valence-electron chi connectivity index (χ3n) is 13.4. The SMILES string of the molecule is c1ccc(-c2nc(-c3ccc4c(c3)sc3ccccc34)nc(-c3cccc4oc5ccc(-c6ccc7c(c6)-c6ccccc6C76c7ccccc7-c7ccccc76)cc5c34)n2)cc1. The van der Waals surface area contributed by atoms with E-state index in [1.165, 1.54) is 64.7 Å². The number of hydrogen-bond donors (Lipinski definition) is 0. The molecule has 292 valence electrons. The normalized spacial score (nSPS) is 13.2. The molecule has 0 N–H and O–H groups in total. The third-order valence-corrected chi connectivity index (χ3v) is 14.5. The lowest BCUT2D eigenvalue weighted by atomic mass is 9.70. The molecule has 5 heteroatoms. The van der Waals surface area contributed by atoms with Crippen LogP contribution in [-0.4, -0.2) is 15.0 Å². The molecule has 2 aliphatic rings. The van der Waals surface area contributed by atoms with Crippen LogP contribution in [0.1, 0.15) is 22.3 Å². The Bertz CT molecular complexity index is 3830. The van der Waals surface area contributed by atoms with Crippen LogP contribution in [0.5, 0.6) is 0 Å². The van der Waals surface area contributed by atoms with Crippen LogP contribution in [0, 0.1) is 0 Å². The van der Waals surface area contributed by atoms with Gasteiger partial charge in [0.15, 0.2) is 17.5 Å². The summed E-state index contributed by atoms with van der Waals surface area (Å²) >= 11 is 1.79. The first-order valence-corrected chi connectivity index (χ1v) is 22.2. The highest BCUT2D eigenvalue weighted by Gasteiger charge is 2.51. The van der Waals surface area contributed by atoms with Crippen LogP contribution in [0.25, 0.3) is 110 Å². The smallest absolute Gasteiger partial charge is 0.164 e. The molecule has 63 heavy (non-hydrogen) atoms. The fraction of sp³-hybridized carbons (Fsp3) is 0.0172. The minimum Gasteiger partial charge on any atom is -0.456 e. The molecule has 3 heterocycles. The van der Waals surface area contributed by atoms with Gasteiger partial charge in [0.1, 0.15) is 11.2 Å². The van der Waals surface area contributed by atoms with Crippen LogP contribution < -0.4 is 0 Å². The molecule has 0 fully saturated rings. The van der Waals surface area contributed by atoms with Crippen molar-refractivity contribution in [1.29, 1.82) is 0 Å². The maximum atomic E-state index is 6.59. The van der Waals surface area contributed by atoms with Gasteiger partial charge in [-0.25, -0.2) is 15.0 Å². The molecule has 2 aliphatic carbocycles. The van der Waals surface area contributed by atoms with E-state index >= 15 is 0 Å². The number of nitrogens with zero attached hydrogens (tertiary/aromatic N) is 3. The Labute approximate surface area is 366 Å². The van der Waals surface area contributed by atoms with Crippen molar-refractivity contribution >= 4 is 53.4 Å². The van der Waals surface area contributed by atoms with Crippen LogP contribution in [0.2, 0.25) is 0 Å². The summed E-state index contributed by atoms with van der Waals surface area (Å²) in [5.41, 5.74) is 16.8. The van der Waals surface area contributed by atoms with Gasteiger partial charge in [0.2, 0.25) is 0 Å². The van der Waals surface area contributed by atoms with Crippen molar-refractivity contribution < 1.29 is 4.42 Å². The van der Waals surface area contributed by atoms with E-state index in [0.29, 0.717) is 17.5 Å². The monoisotopic (exact) mass is 819 g/mol. The zero-order valence-corrected chi connectivity index (χ0v) is 34.5. The second-order valence-corrected chi connectivity index (χ2v) is 17.7. The first-order chi connectivity index (χ1) is 31.2. The summed E-state index contributed by atoms with van der Waals surface area (Å²) in [5.74, 6) is 1.86. The molecule has 0 aliphatic heterocycles. The number of thiophene rings is 1. The van der Waals surface area contributed by atoms with Crippen molar-refractivity contribution in [2.75, 3.05) is 0 Å². The van der Waals surface area contributed by atoms with Crippen molar-refractivity contribution in [3.8, 4) is 67.5 Å². The van der Waals surface area contributed by atoms with Gasteiger partial charge < -0.3 is 4.42 Å². The van der Waals surface area contributed by atoms with E-state index in [-0.39, 0.29) is 5.41 Å². The van der Waals surface area contributed by atoms with Gasteiger partial charge in [-0.1, -0.05) is 164 Å². The topological polar surface area (TPSA) is 51.8 Å². The summed E-state index contributed by atoms with van der Waals surface area (Å²) in [7, 11) is 0. The van der Waals surface area contributed by atoms with Gasteiger partial charge in [-0.3, -0.25) is 0 Å². The summed E-state index contributed by atoms with van der Waals surface area (Å²) in [4.78, 5) is 15.5. The summed E-state index contributed by atoms with van der Waals surface area (Å²) in [5, 5.41) is 4.50. The highest BCUT2D eigenvalue weighted by Crippen LogP contribution is 2.63. The summed E-state index contributed by atoms with van der Waals surface area (Å²) < 4.78 is 9.06. The second-order valence-electron chi connectivity index (χ2n) is 16.6. The quantitative estimate of drug-likeness (QED) is 0.177. The highest BCUT2D eigenvalue weighted by molar-refractivity contribution is 7.25. The molecule has 12 aromatic rings. The molecule has 1 spiro atoms. The van der Waals surface area contributed by atoms with E-state index in [1.54, 1.807) is 11.3 Å². The first kappa shape index (κ1) is 34.7. The molecule has 3 aromatic heterocycles. The minimum atomic E-state index is -0.372. The predicted molar refractivity (Wildman–Crippen MR) is 258 cm³/mol. The highest BCUT2D eigenvalue weighted by atomic mass is 32.1. The lowest BCUT2D eigenvalue weighted by molar-refractivity contribution is 0.669. The molecule has 0 atom stereocenters. The van der Waals surface area contributed by atoms with Gasteiger partial charge in [0, 0.05) is 47.6 Å². The zero-order valence-electron chi connectivity index (χ0n) is 33.7. The van der Waals surface area contributed by atoms with Crippen LogP contribution in [0.15, 0.2) is 205 Å². The molecule has 0 saturated carbocycles. The van der Waals surface area contributed by atoms with Crippen LogP contribution >= 0.6 is 11.3 Å². The Morgan fingerprint density at radius 1 is 0.333 bits per heavy atom. The van der Waals surface area contributed by atoms with Crippen LogP contribution in [-0.2, 0) is 5.41 Å².